The van der Waals surface area contributed by atoms with Crippen LogP contribution in [0.25, 0.3) is 5.69 Å². The quantitative estimate of drug-likeness (QED) is 0.765. The van der Waals surface area contributed by atoms with Crippen molar-refractivity contribution < 1.29 is 4.74 Å². The molecule has 0 bridgehead atoms. The first kappa shape index (κ1) is 12.3. The number of ether oxygens (including phenoxy) is 1. The van der Waals surface area contributed by atoms with Gasteiger partial charge in [0, 0.05) is 15.8 Å². The number of methoxy groups -OCH3 is 1. The molecule has 0 aliphatic rings. The maximum absolute atomic E-state index is 11.8. The number of hydrogen-bond donors (Lipinski definition) is 0. The SMILES string of the molecule is COc1nccc(-n2ncc(I)cc2=O)c1Cl. The molecule has 0 atom stereocenters. The smallest absolute Gasteiger partial charge is 0.272 e. The number of pyridine rings is 1. The van der Waals surface area contributed by atoms with Crippen LogP contribution in [0.1, 0.15) is 0 Å². The third-order valence-corrected chi connectivity index (χ3v) is 2.97. The van der Waals surface area contributed by atoms with Gasteiger partial charge in [0.15, 0.2) is 0 Å². The zero-order valence-corrected chi connectivity index (χ0v) is 11.6. The van der Waals surface area contributed by atoms with Crippen molar-refractivity contribution in [2.45, 2.75) is 0 Å². The molecule has 7 heteroatoms. The maximum Gasteiger partial charge on any atom is 0.272 e. The third kappa shape index (κ3) is 2.42. The van der Waals surface area contributed by atoms with Crippen LogP contribution >= 0.6 is 34.2 Å². The molecule has 2 heterocycles. The molecule has 2 aromatic rings. The van der Waals surface area contributed by atoms with Crippen LogP contribution in [-0.4, -0.2) is 21.9 Å². The van der Waals surface area contributed by atoms with Crippen LogP contribution < -0.4 is 10.3 Å². The van der Waals surface area contributed by atoms with E-state index in [0.29, 0.717) is 5.69 Å². The van der Waals surface area contributed by atoms with Crippen LogP contribution in [0, 0.1) is 3.57 Å². The molecule has 0 fully saturated rings. The molecular formula is C10H7ClIN3O2. The van der Waals surface area contributed by atoms with Crippen molar-refractivity contribution >= 4 is 34.2 Å². The van der Waals surface area contributed by atoms with Crippen molar-refractivity contribution in [3.05, 3.63) is 43.5 Å². The maximum atomic E-state index is 11.8. The van der Waals surface area contributed by atoms with Crippen molar-refractivity contribution in [3.63, 3.8) is 0 Å². The zero-order chi connectivity index (χ0) is 12.4. The minimum absolute atomic E-state index is 0.255. The fourth-order valence-corrected chi connectivity index (χ4v) is 1.95. The monoisotopic (exact) mass is 363 g/mol. The highest BCUT2D eigenvalue weighted by atomic mass is 127. The molecular weight excluding hydrogens is 356 g/mol. The molecule has 0 radical (unpaired) electrons. The van der Waals surface area contributed by atoms with Gasteiger partial charge in [-0.05, 0) is 28.7 Å². The van der Waals surface area contributed by atoms with Gasteiger partial charge in [0.1, 0.15) is 5.02 Å². The van der Waals surface area contributed by atoms with Crippen LogP contribution in [0.5, 0.6) is 5.88 Å². The van der Waals surface area contributed by atoms with E-state index in [2.05, 4.69) is 10.1 Å². The van der Waals surface area contributed by atoms with Crippen molar-refractivity contribution in [2.75, 3.05) is 7.11 Å². The normalized spacial score (nSPS) is 10.3. The lowest BCUT2D eigenvalue weighted by molar-refractivity contribution is 0.397. The van der Waals surface area contributed by atoms with Gasteiger partial charge in [-0.2, -0.15) is 9.78 Å². The predicted octanol–water partition coefficient (Wildman–Crippen LogP) is 1.89. The fraction of sp³-hybridized carbons (Fsp3) is 0.100. The van der Waals surface area contributed by atoms with Gasteiger partial charge in [-0.1, -0.05) is 11.6 Å². The van der Waals surface area contributed by atoms with Gasteiger partial charge in [-0.15, -0.1) is 0 Å². The number of nitrogens with zero attached hydrogens (tertiary/aromatic N) is 3. The largest absolute Gasteiger partial charge is 0.480 e. The Labute approximate surface area is 116 Å². The highest BCUT2D eigenvalue weighted by molar-refractivity contribution is 14.1. The molecule has 0 saturated carbocycles. The van der Waals surface area contributed by atoms with Gasteiger partial charge in [0.05, 0.1) is 19.0 Å². The van der Waals surface area contributed by atoms with E-state index in [-0.39, 0.29) is 16.5 Å². The van der Waals surface area contributed by atoms with Crippen molar-refractivity contribution in [2.24, 2.45) is 0 Å². The topological polar surface area (TPSA) is 57.0 Å². The molecule has 0 amide bonds. The Morgan fingerprint density at radius 1 is 1.53 bits per heavy atom. The third-order valence-electron chi connectivity index (χ3n) is 2.03. The molecule has 2 aromatic heterocycles. The van der Waals surface area contributed by atoms with Crippen molar-refractivity contribution in [1.29, 1.82) is 0 Å². The highest BCUT2D eigenvalue weighted by Gasteiger charge is 2.11. The Morgan fingerprint density at radius 3 is 2.94 bits per heavy atom. The van der Waals surface area contributed by atoms with Gasteiger partial charge < -0.3 is 4.74 Å². The van der Waals surface area contributed by atoms with E-state index in [4.69, 9.17) is 16.3 Å². The first-order valence-corrected chi connectivity index (χ1v) is 6.03. The second kappa shape index (κ2) is 5.01. The number of halogens is 2. The molecule has 0 N–H and O–H groups in total. The van der Waals surface area contributed by atoms with Gasteiger partial charge in [-0.3, -0.25) is 4.79 Å². The Bertz CT molecular complexity index is 615. The number of aromatic nitrogens is 3. The molecule has 0 aromatic carbocycles. The summed E-state index contributed by atoms with van der Waals surface area (Å²) in [5.41, 5.74) is 0.187. The standard InChI is InChI=1S/C10H7ClIN3O2/c1-17-10-9(11)7(2-3-13-10)15-8(16)4-6(12)5-14-15/h2-5H,1H3. The van der Waals surface area contributed by atoms with Crippen LogP contribution in [-0.2, 0) is 0 Å². The molecule has 0 saturated heterocycles. The summed E-state index contributed by atoms with van der Waals surface area (Å²) in [4.78, 5) is 15.7. The van der Waals surface area contributed by atoms with E-state index in [1.54, 1.807) is 12.3 Å². The van der Waals surface area contributed by atoms with E-state index >= 15 is 0 Å². The van der Waals surface area contributed by atoms with Crippen LogP contribution in [0.3, 0.4) is 0 Å². The van der Waals surface area contributed by atoms with E-state index in [1.165, 1.54) is 24.1 Å². The average Bonchev–Trinajstić information content (AvgIpc) is 2.30. The molecule has 88 valence electrons. The summed E-state index contributed by atoms with van der Waals surface area (Å²) < 4.78 is 6.95. The van der Waals surface area contributed by atoms with Crippen molar-refractivity contribution in [1.82, 2.24) is 14.8 Å². The highest BCUT2D eigenvalue weighted by Crippen LogP contribution is 2.26. The predicted molar refractivity (Wildman–Crippen MR) is 71.9 cm³/mol. The Balaban J connectivity index is 2.65. The second-order valence-corrected chi connectivity index (χ2v) is 4.70. The molecule has 5 nitrogen and oxygen atoms in total. The Morgan fingerprint density at radius 2 is 2.29 bits per heavy atom. The minimum Gasteiger partial charge on any atom is -0.480 e. The zero-order valence-electron chi connectivity index (χ0n) is 8.72. The molecule has 0 aliphatic heterocycles. The molecule has 2 rings (SSSR count). The van der Waals surface area contributed by atoms with Gasteiger partial charge in [0.25, 0.3) is 5.56 Å². The molecule has 0 aliphatic carbocycles. The summed E-state index contributed by atoms with van der Waals surface area (Å²) in [5.74, 6) is 0.261. The Hall–Kier alpha value is -1.15. The average molecular weight is 364 g/mol. The number of rotatable bonds is 2. The summed E-state index contributed by atoms with van der Waals surface area (Å²) in [6, 6.07) is 3.07. The van der Waals surface area contributed by atoms with Gasteiger partial charge in [-0.25, -0.2) is 4.98 Å². The summed E-state index contributed by atoms with van der Waals surface area (Å²) in [6.45, 7) is 0. The summed E-state index contributed by atoms with van der Waals surface area (Å²) in [6.07, 6.45) is 3.08. The number of hydrogen-bond acceptors (Lipinski definition) is 4. The van der Waals surface area contributed by atoms with E-state index in [0.717, 1.165) is 3.57 Å². The van der Waals surface area contributed by atoms with E-state index in [1.807, 2.05) is 22.6 Å². The van der Waals surface area contributed by atoms with Crippen molar-refractivity contribution in [3.8, 4) is 11.6 Å². The lowest BCUT2D eigenvalue weighted by Crippen LogP contribution is -2.20. The minimum atomic E-state index is -0.257. The lowest BCUT2D eigenvalue weighted by Gasteiger charge is -2.08. The van der Waals surface area contributed by atoms with Crippen LogP contribution in [0.2, 0.25) is 5.02 Å². The first-order valence-electron chi connectivity index (χ1n) is 4.57. The summed E-state index contributed by atoms with van der Waals surface area (Å²) >= 11 is 8.08. The van der Waals surface area contributed by atoms with Crippen LogP contribution in [0.15, 0.2) is 29.3 Å². The van der Waals surface area contributed by atoms with E-state index in [9.17, 15) is 4.79 Å². The fourth-order valence-electron chi connectivity index (χ4n) is 1.29. The summed E-state index contributed by atoms with van der Waals surface area (Å²) in [5, 5.41) is 4.27. The Kier molecular flexibility index (Phi) is 3.63. The van der Waals surface area contributed by atoms with Crippen LogP contribution in [0.4, 0.5) is 0 Å². The summed E-state index contributed by atoms with van der Waals surface area (Å²) in [7, 11) is 1.46. The first-order chi connectivity index (χ1) is 8.13. The molecule has 17 heavy (non-hydrogen) atoms. The van der Waals surface area contributed by atoms with Gasteiger partial charge in [0.2, 0.25) is 5.88 Å². The molecule has 0 spiro atoms. The molecule has 0 unspecified atom stereocenters. The second-order valence-electron chi connectivity index (χ2n) is 3.08. The van der Waals surface area contributed by atoms with E-state index < -0.39 is 0 Å². The van der Waals surface area contributed by atoms with Gasteiger partial charge >= 0.3 is 0 Å². The lowest BCUT2D eigenvalue weighted by atomic mass is 10.4.